The highest BCUT2D eigenvalue weighted by atomic mass is 127. The monoisotopic (exact) mass is 467 g/mol. The van der Waals surface area contributed by atoms with Gasteiger partial charge >= 0.3 is 0 Å². The van der Waals surface area contributed by atoms with Gasteiger partial charge in [0.05, 0.1) is 20.2 Å². The number of halogens is 1. The average Bonchev–Trinajstić information content (AvgIpc) is 3.07. The molecule has 3 aromatic rings. The molecular formula is C17H22IN7O. The van der Waals surface area contributed by atoms with Crippen LogP contribution in [0.4, 0.5) is 0 Å². The lowest BCUT2D eigenvalue weighted by atomic mass is 10.3. The lowest BCUT2D eigenvalue weighted by Gasteiger charge is -2.10. The number of rotatable bonds is 6. The summed E-state index contributed by atoms with van der Waals surface area (Å²) in [5.41, 5.74) is 1.85. The van der Waals surface area contributed by atoms with Crippen LogP contribution in [0, 0.1) is 0 Å². The van der Waals surface area contributed by atoms with E-state index in [4.69, 9.17) is 4.74 Å². The number of ether oxygens (including phenoxy) is 1. The Morgan fingerprint density at radius 2 is 2.12 bits per heavy atom. The van der Waals surface area contributed by atoms with Crippen molar-refractivity contribution >= 4 is 35.6 Å². The minimum atomic E-state index is 0. The van der Waals surface area contributed by atoms with E-state index in [1.807, 2.05) is 47.9 Å². The van der Waals surface area contributed by atoms with E-state index in [0.29, 0.717) is 24.9 Å². The summed E-state index contributed by atoms with van der Waals surface area (Å²) in [6.07, 6.45) is 3.66. The Bertz CT molecular complexity index is 865. The van der Waals surface area contributed by atoms with Crippen molar-refractivity contribution in [2.24, 2.45) is 4.99 Å². The molecule has 0 aliphatic carbocycles. The zero-order valence-corrected chi connectivity index (χ0v) is 17.0. The molecule has 0 aromatic carbocycles. The Morgan fingerprint density at radius 1 is 1.23 bits per heavy atom. The molecule has 9 heteroatoms. The molecule has 0 amide bonds. The summed E-state index contributed by atoms with van der Waals surface area (Å²) in [5, 5.41) is 14.9. The van der Waals surface area contributed by atoms with Crippen LogP contribution in [0.15, 0.2) is 47.7 Å². The zero-order valence-electron chi connectivity index (χ0n) is 14.7. The largest absolute Gasteiger partial charge is 0.481 e. The highest BCUT2D eigenvalue weighted by molar-refractivity contribution is 14.0. The molecule has 0 fully saturated rings. The van der Waals surface area contributed by atoms with Crippen molar-refractivity contribution in [2.45, 2.75) is 20.0 Å². The fourth-order valence-corrected chi connectivity index (χ4v) is 2.35. The molecule has 0 atom stereocenters. The zero-order chi connectivity index (χ0) is 17.5. The number of hydrogen-bond acceptors (Lipinski definition) is 5. The predicted molar refractivity (Wildman–Crippen MR) is 111 cm³/mol. The van der Waals surface area contributed by atoms with Gasteiger partial charge in [-0.15, -0.1) is 34.2 Å². The van der Waals surface area contributed by atoms with E-state index in [-0.39, 0.29) is 24.0 Å². The molecule has 0 bridgehead atoms. The number of hydrogen-bond donors (Lipinski definition) is 2. The molecule has 26 heavy (non-hydrogen) atoms. The maximum absolute atomic E-state index is 5.14. The number of nitrogens with one attached hydrogen (secondary N) is 2. The fourth-order valence-electron chi connectivity index (χ4n) is 2.35. The maximum Gasteiger partial charge on any atom is 0.213 e. The van der Waals surface area contributed by atoms with Gasteiger partial charge in [-0.3, -0.25) is 4.40 Å². The predicted octanol–water partition coefficient (Wildman–Crippen LogP) is 2.01. The van der Waals surface area contributed by atoms with Crippen LogP contribution in [0.25, 0.3) is 5.65 Å². The molecular weight excluding hydrogens is 445 g/mol. The number of pyridine rings is 2. The van der Waals surface area contributed by atoms with E-state index in [0.717, 1.165) is 23.6 Å². The highest BCUT2D eigenvalue weighted by Gasteiger charge is 2.05. The first-order valence-corrected chi connectivity index (χ1v) is 8.10. The van der Waals surface area contributed by atoms with Gasteiger partial charge in [-0.1, -0.05) is 6.07 Å². The molecule has 0 aliphatic rings. The quantitative estimate of drug-likeness (QED) is 0.328. The van der Waals surface area contributed by atoms with E-state index in [9.17, 15) is 0 Å². The Balaban J connectivity index is 0.00000243. The van der Waals surface area contributed by atoms with E-state index in [2.05, 4.69) is 30.8 Å². The van der Waals surface area contributed by atoms with Crippen LogP contribution in [-0.2, 0) is 13.1 Å². The first kappa shape index (κ1) is 19.9. The minimum absolute atomic E-state index is 0. The van der Waals surface area contributed by atoms with Gasteiger partial charge in [0.2, 0.25) is 5.88 Å². The van der Waals surface area contributed by atoms with Crippen molar-refractivity contribution in [3.8, 4) is 5.88 Å². The van der Waals surface area contributed by atoms with Gasteiger partial charge in [0.15, 0.2) is 17.4 Å². The molecule has 3 heterocycles. The number of fused-ring (bicyclic) bond motifs is 1. The number of guanidine groups is 1. The second kappa shape index (κ2) is 9.90. The third kappa shape index (κ3) is 5.04. The summed E-state index contributed by atoms with van der Waals surface area (Å²) >= 11 is 0. The Labute approximate surface area is 169 Å². The molecule has 0 saturated carbocycles. The van der Waals surface area contributed by atoms with Crippen molar-refractivity contribution in [3.63, 3.8) is 0 Å². The van der Waals surface area contributed by atoms with Gasteiger partial charge in [-0.2, -0.15) is 0 Å². The Morgan fingerprint density at radius 3 is 2.92 bits per heavy atom. The normalized spacial score (nSPS) is 11.1. The summed E-state index contributed by atoms with van der Waals surface area (Å²) in [7, 11) is 1.60. The van der Waals surface area contributed by atoms with Crippen LogP contribution in [0.1, 0.15) is 18.3 Å². The smallest absolute Gasteiger partial charge is 0.213 e. The SMILES string of the molecule is CCNC(=NCc1ccnc(OC)c1)NCc1nnc2ccccn12.I. The van der Waals surface area contributed by atoms with Crippen molar-refractivity contribution < 1.29 is 4.74 Å². The van der Waals surface area contributed by atoms with Gasteiger partial charge in [0.1, 0.15) is 0 Å². The van der Waals surface area contributed by atoms with Gasteiger partial charge in [0.25, 0.3) is 0 Å². The summed E-state index contributed by atoms with van der Waals surface area (Å²) in [6.45, 7) is 3.84. The van der Waals surface area contributed by atoms with E-state index in [1.165, 1.54) is 0 Å². The molecule has 8 nitrogen and oxygen atoms in total. The van der Waals surface area contributed by atoms with Gasteiger partial charge in [0, 0.05) is 25.0 Å². The molecule has 138 valence electrons. The Kier molecular flexibility index (Phi) is 7.57. The van der Waals surface area contributed by atoms with E-state index in [1.54, 1.807) is 13.3 Å². The first-order valence-electron chi connectivity index (χ1n) is 8.10. The van der Waals surface area contributed by atoms with Crippen LogP contribution >= 0.6 is 24.0 Å². The lowest BCUT2D eigenvalue weighted by Crippen LogP contribution is -2.37. The second-order valence-electron chi connectivity index (χ2n) is 5.30. The van der Waals surface area contributed by atoms with Gasteiger partial charge in [-0.25, -0.2) is 9.98 Å². The van der Waals surface area contributed by atoms with Crippen LogP contribution < -0.4 is 15.4 Å². The van der Waals surface area contributed by atoms with E-state index < -0.39 is 0 Å². The van der Waals surface area contributed by atoms with Gasteiger partial charge < -0.3 is 15.4 Å². The molecule has 3 aromatic heterocycles. The van der Waals surface area contributed by atoms with E-state index >= 15 is 0 Å². The fraction of sp³-hybridized carbons (Fsp3) is 0.294. The molecule has 0 aliphatic heterocycles. The number of methoxy groups -OCH3 is 1. The van der Waals surface area contributed by atoms with Gasteiger partial charge in [-0.05, 0) is 30.7 Å². The average molecular weight is 467 g/mol. The Hall–Kier alpha value is -2.43. The summed E-state index contributed by atoms with van der Waals surface area (Å²) in [5.74, 6) is 2.12. The van der Waals surface area contributed by atoms with Crippen molar-refractivity contribution in [1.29, 1.82) is 0 Å². The minimum Gasteiger partial charge on any atom is -0.481 e. The third-order valence-corrected chi connectivity index (χ3v) is 3.57. The van der Waals surface area contributed by atoms with Crippen molar-refractivity contribution in [3.05, 3.63) is 54.1 Å². The van der Waals surface area contributed by atoms with Crippen molar-refractivity contribution in [2.75, 3.05) is 13.7 Å². The standard InChI is InChI=1S/C17H21N7O.HI/c1-3-18-17(20-11-13-7-8-19-16(10-13)25-2)21-12-15-23-22-14-6-4-5-9-24(14)15;/h4-10H,3,11-12H2,1-2H3,(H2,18,20,21);1H. The molecule has 0 spiro atoms. The molecule has 0 unspecified atom stereocenters. The molecule has 0 radical (unpaired) electrons. The second-order valence-corrected chi connectivity index (χ2v) is 5.30. The molecule has 0 saturated heterocycles. The lowest BCUT2D eigenvalue weighted by molar-refractivity contribution is 0.397. The van der Waals surface area contributed by atoms with Crippen LogP contribution in [0.5, 0.6) is 5.88 Å². The summed E-state index contributed by atoms with van der Waals surface area (Å²) < 4.78 is 7.09. The summed E-state index contributed by atoms with van der Waals surface area (Å²) in [6, 6.07) is 9.61. The molecule has 2 N–H and O–H groups in total. The summed E-state index contributed by atoms with van der Waals surface area (Å²) in [4.78, 5) is 8.69. The van der Waals surface area contributed by atoms with Crippen LogP contribution in [-0.4, -0.2) is 39.2 Å². The number of aromatic nitrogens is 4. The first-order chi connectivity index (χ1) is 12.3. The topological polar surface area (TPSA) is 88.7 Å². The van der Waals surface area contributed by atoms with Crippen LogP contribution in [0.3, 0.4) is 0 Å². The number of aliphatic imine (C=N–C) groups is 1. The van der Waals surface area contributed by atoms with Crippen LogP contribution in [0.2, 0.25) is 0 Å². The maximum atomic E-state index is 5.14. The van der Waals surface area contributed by atoms with Crippen molar-refractivity contribution in [1.82, 2.24) is 30.2 Å². The highest BCUT2D eigenvalue weighted by Crippen LogP contribution is 2.09. The number of nitrogens with zero attached hydrogens (tertiary/aromatic N) is 5. The third-order valence-electron chi connectivity index (χ3n) is 3.57. The molecule has 3 rings (SSSR count).